The van der Waals surface area contributed by atoms with Crippen molar-refractivity contribution in [3.63, 3.8) is 0 Å². The summed E-state index contributed by atoms with van der Waals surface area (Å²) in [7, 11) is 1.67. The number of aromatic nitrogens is 1. The summed E-state index contributed by atoms with van der Waals surface area (Å²) in [5.41, 5.74) is 17.6. The first kappa shape index (κ1) is 38.7. The van der Waals surface area contributed by atoms with Crippen LogP contribution in [-0.2, 0) is 24.0 Å². The SMILES string of the molecule is CC(C=O)NC(=O)CNC(=O)c1[nH]c(-c2ccccc2)cc1-c1ccccc1.CCC(C)C(N)=O.CNCC(N)=O.NC=O. The lowest BCUT2D eigenvalue weighted by atomic mass is 10.0. The molecule has 0 bridgehead atoms. The third-order valence-corrected chi connectivity index (χ3v) is 5.67. The highest BCUT2D eigenvalue weighted by atomic mass is 16.2. The van der Waals surface area contributed by atoms with Gasteiger partial charge in [-0.1, -0.05) is 74.5 Å². The van der Waals surface area contributed by atoms with E-state index in [1.165, 1.54) is 0 Å². The van der Waals surface area contributed by atoms with Crippen LogP contribution < -0.4 is 33.2 Å². The molecule has 0 saturated heterocycles. The zero-order chi connectivity index (χ0) is 33.5. The third-order valence-electron chi connectivity index (χ3n) is 5.67. The fourth-order valence-corrected chi connectivity index (χ4v) is 3.22. The molecule has 2 aromatic carbocycles. The number of carbonyl (C=O) groups is 6. The van der Waals surface area contributed by atoms with Crippen LogP contribution in [0.15, 0.2) is 66.7 Å². The molecular weight excluding hydrogens is 566 g/mol. The Balaban J connectivity index is 0.000000954. The van der Waals surface area contributed by atoms with Crippen molar-refractivity contribution >= 4 is 36.3 Å². The number of hydrogen-bond acceptors (Lipinski definition) is 7. The van der Waals surface area contributed by atoms with E-state index in [1.807, 2.05) is 80.6 Å². The number of primary amides is 3. The lowest BCUT2D eigenvalue weighted by Crippen LogP contribution is -2.41. The van der Waals surface area contributed by atoms with Crippen LogP contribution >= 0.6 is 0 Å². The quantitative estimate of drug-likeness (QED) is 0.156. The summed E-state index contributed by atoms with van der Waals surface area (Å²) in [5, 5.41) is 7.68. The van der Waals surface area contributed by atoms with Crippen molar-refractivity contribution in [2.75, 3.05) is 20.1 Å². The van der Waals surface area contributed by atoms with Gasteiger partial charge in [-0.25, -0.2) is 0 Å². The smallest absolute Gasteiger partial charge is 0.268 e. The average molecular weight is 610 g/mol. The van der Waals surface area contributed by atoms with E-state index in [4.69, 9.17) is 16.3 Å². The normalized spacial score (nSPS) is 10.8. The predicted octanol–water partition coefficient (Wildman–Crippen LogP) is 1.09. The van der Waals surface area contributed by atoms with Crippen LogP contribution in [0.25, 0.3) is 22.4 Å². The molecule has 2 unspecified atom stereocenters. The van der Waals surface area contributed by atoms with Crippen molar-refractivity contribution in [2.24, 2.45) is 23.1 Å². The van der Waals surface area contributed by atoms with E-state index in [2.05, 4.69) is 26.7 Å². The van der Waals surface area contributed by atoms with E-state index in [9.17, 15) is 24.0 Å². The fourth-order valence-electron chi connectivity index (χ4n) is 3.22. The number of aromatic amines is 1. The van der Waals surface area contributed by atoms with E-state index in [-0.39, 0.29) is 37.2 Å². The number of benzene rings is 2. The number of carbonyl (C=O) groups excluding carboxylic acids is 6. The monoisotopic (exact) mass is 609 g/mol. The molecular formula is C31H43N7O6. The summed E-state index contributed by atoms with van der Waals surface area (Å²) in [6.07, 6.45) is 1.72. The van der Waals surface area contributed by atoms with Crippen LogP contribution in [0.4, 0.5) is 0 Å². The van der Waals surface area contributed by atoms with Crippen molar-refractivity contribution in [1.29, 1.82) is 0 Å². The molecule has 3 aromatic rings. The number of aldehydes is 1. The van der Waals surface area contributed by atoms with Gasteiger partial charge < -0.3 is 42.9 Å². The standard InChI is InChI=1S/C22H21N3O3.C5H11NO.C3H8N2O.CH3NO/c1-15(14-26)24-20(27)13-23-22(28)21-18(16-8-4-2-5-9-16)12-19(25-21)17-10-6-3-7-11-17;1-3-4(2)5(6)7;1-5-2-3(4)6;2-1-3/h2-12,14-15,25H,13H2,1H3,(H,23,28)(H,24,27);4H,3H2,1-2H3,(H2,6,7);5H,2H2,1H3,(H2,4,6);1H,(H2,2,3). The number of amides is 5. The lowest BCUT2D eigenvalue weighted by Gasteiger charge is -2.09. The van der Waals surface area contributed by atoms with Gasteiger partial charge in [0.25, 0.3) is 5.91 Å². The molecule has 13 heteroatoms. The second-order valence-corrected chi connectivity index (χ2v) is 9.22. The highest BCUT2D eigenvalue weighted by Gasteiger charge is 2.18. The molecule has 0 fully saturated rings. The Kier molecular flexibility index (Phi) is 19.6. The van der Waals surface area contributed by atoms with Crippen molar-refractivity contribution < 1.29 is 28.8 Å². The zero-order valence-electron chi connectivity index (χ0n) is 25.5. The van der Waals surface area contributed by atoms with E-state index >= 15 is 0 Å². The van der Waals surface area contributed by atoms with Gasteiger partial charge in [0, 0.05) is 17.2 Å². The molecule has 1 heterocycles. The van der Waals surface area contributed by atoms with Crippen LogP contribution in [0.1, 0.15) is 37.7 Å². The Labute approximate surface area is 257 Å². The Hall–Kier alpha value is -5.30. The molecule has 0 aliphatic carbocycles. The highest BCUT2D eigenvalue weighted by Crippen LogP contribution is 2.29. The summed E-state index contributed by atoms with van der Waals surface area (Å²) in [4.78, 5) is 66.9. The number of H-pyrrole nitrogens is 1. The first-order chi connectivity index (χ1) is 20.9. The number of hydrogen-bond donors (Lipinski definition) is 7. The summed E-state index contributed by atoms with van der Waals surface area (Å²) in [6.45, 7) is 5.38. The molecule has 44 heavy (non-hydrogen) atoms. The average Bonchev–Trinajstić information content (AvgIpc) is 3.47. The molecule has 238 valence electrons. The first-order valence-corrected chi connectivity index (χ1v) is 13.7. The summed E-state index contributed by atoms with van der Waals surface area (Å²) in [6, 6.07) is 20.6. The van der Waals surface area contributed by atoms with Gasteiger partial charge in [0.1, 0.15) is 12.0 Å². The van der Waals surface area contributed by atoms with Crippen molar-refractivity contribution in [3.8, 4) is 22.4 Å². The summed E-state index contributed by atoms with van der Waals surface area (Å²) >= 11 is 0. The van der Waals surface area contributed by atoms with Gasteiger partial charge in [-0.2, -0.15) is 0 Å². The van der Waals surface area contributed by atoms with E-state index in [0.29, 0.717) is 12.0 Å². The molecule has 0 aliphatic rings. The number of rotatable bonds is 11. The maximum Gasteiger partial charge on any atom is 0.268 e. The second kappa shape index (κ2) is 22.3. The Bertz CT molecular complexity index is 1310. The maximum absolute atomic E-state index is 12.8. The topological polar surface area (TPSA) is 232 Å². The predicted molar refractivity (Wildman–Crippen MR) is 170 cm³/mol. The van der Waals surface area contributed by atoms with E-state index in [0.717, 1.165) is 28.8 Å². The molecule has 3 rings (SSSR count). The fraction of sp³-hybridized carbons (Fsp3) is 0.290. The van der Waals surface area contributed by atoms with Gasteiger partial charge in [-0.15, -0.1) is 0 Å². The molecule has 13 nitrogen and oxygen atoms in total. The van der Waals surface area contributed by atoms with Gasteiger partial charge >= 0.3 is 0 Å². The van der Waals surface area contributed by atoms with Gasteiger partial charge in [0.05, 0.1) is 19.1 Å². The van der Waals surface area contributed by atoms with Crippen molar-refractivity contribution in [1.82, 2.24) is 20.9 Å². The molecule has 0 aliphatic heterocycles. The molecule has 0 saturated carbocycles. The second-order valence-electron chi connectivity index (χ2n) is 9.22. The Morgan fingerprint density at radius 3 is 1.80 bits per heavy atom. The van der Waals surface area contributed by atoms with Crippen molar-refractivity contribution in [3.05, 3.63) is 72.4 Å². The van der Waals surface area contributed by atoms with Crippen LogP contribution in [0.5, 0.6) is 0 Å². The van der Waals surface area contributed by atoms with E-state index in [1.54, 1.807) is 14.0 Å². The minimum absolute atomic E-state index is 0.0417. The Morgan fingerprint density at radius 2 is 1.41 bits per heavy atom. The minimum atomic E-state index is -0.598. The van der Waals surface area contributed by atoms with Crippen molar-refractivity contribution in [2.45, 2.75) is 33.2 Å². The first-order valence-electron chi connectivity index (χ1n) is 13.7. The van der Waals surface area contributed by atoms with Crippen LogP contribution in [-0.4, -0.2) is 67.5 Å². The lowest BCUT2D eigenvalue weighted by molar-refractivity contribution is -0.123. The number of nitrogens with two attached hydrogens (primary N) is 3. The van der Waals surface area contributed by atoms with Gasteiger partial charge in [-0.3, -0.25) is 24.0 Å². The van der Waals surface area contributed by atoms with Crippen LogP contribution in [0.3, 0.4) is 0 Å². The van der Waals surface area contributed by atoms with Gasteiger partial charge in [0.15, 0.2) is 0 Å². The van der Waals surface area contributed by atoms with Gasteiger partial charge in [0.2, 0.25) is 24.1 Å². The molecule has 0 radical (unpaired) electrons. The van der Waals surface area contributed by atoms with Crippen LogP contribution in [0.2, 0.25) is 0 Å². The molecule has 1 aromatic heterocycles. The highest BCUT2D eigenvalue weighted by molar-refractivity contribution is 6.02. The minimum Gasteiger partial charge on any atom is -0.372 e. The summed E-state index contributed by atoms with van der Waals surface area (Å²) in [5.74, 6) is -1.31. The Morgan fingerprint density at radius 1 is 0.886 bits per heavy atom. The molecule has 2 atom stereocenters. The van der Waals surface area contributed by atoms with Gasteiger partial charge in [-0.05, 0) is 37.6 Å². The third kappa shape index (κ3) is 15.6. The molecule has 10 N–H and O–H groups in total. The number of likely N-dealkylation sites (N-methyl/N-ethyl adjacent to an activating group) is 1. The summed E-state index contributed by atoms with van der Waals surface area (Å²) < 4.78 is 0. The van der Waals surface area contributed by atoms with Crippen LogP contribution in [0, 0.1) is 5.92 Å². The zero-order valence-corrected chi connectivity index (χ0v) is 25.5. The van der Waals surface area contributed by atoms with E-state index < -0.39 is 17.9 Å². The number of nitrogens with one attached hydrogen (secondary N) is 4. The molecule has 0 spiro atoms. The molecule has 5 amide bonds. The largest absolute Gasteiger partial charge is 0.372 e. The maximum atomic E-state index is 12.8.